The van der Waals surface area contributed by atoms with E-state index in [4.69, 9.17) is 20.9 Å². The summed E-state index contributed by atoms with van der Waals surface area (Å²) in [6, 6.07) is 5.81. The van der Waals surface area contributed by atoms with Crippen LogP contribution in [0, 0.1) is 0 Å². The van der Waals surface area contributed by atoms with Crippen LogP contribution in [-0.2, 0) is 6.42 Å². The van der Waals surface area contributed by atoms with E-state index in [1.807, 2.05) is 18.2 Å². The lowest BCUT2D eigenvalue weighted by molar-refractivity contribution is 0.294. The second kappa shape index (κ2) is 6.78. The molecule has 4 N–H and O–H groups in total. The van der Waals surface area contributed by atoms with Crippen molar-refractivity contribution in [3.8, 4) is 11.5 Å². The second-order valence-corrected chi connectivity index (χ2v) is 4.65. The molecule has 0 amide bonds. The Bertz CT molecular complexity index is 617. The predicted octanol–water partition coefficient (Wildman–Crippen LogP) is 2.03. The van der Waals surface area contributed by atoms with Gasteiger partial charge < -0.3 is 20.9 Å². The maximum atomic E-state index is 5.85. The molecule has 0 saturated heterocycles. The molecule has 0 aliphatic heterocycles. The third-order valence-electron chi connectivity index (χ3n) is 3.00. The van der Waals surface area contributed by atoms with Crippen molar-refractivity contribution >= 4 is 11.8 Å². The van der Waals surface area contributed by atoms with E-state index < -0.39 is 0 Å². The van der Waals surface area contributed by atoms with Crippen LogP contribution >= 0.6 is 0 Å². The van der Waals surface area contributed by atoms with Crippen LogP contribution in [0.2, 0.25) is 0 Å². The molecule has 0 atom stereocenters. The number of benzene rings is 1. The van der Waals surface area contributed by atoms with Crippen LogP contribution in [0.25, 0.3) is 0 Å². The zero-order chi connectivity index (χ0) is 15.2. The molecule has 0 unspecified atom stereocenters. The van der Waals surface area contributed by atoms with Crippen molar-refractivity contribution in [2.45, 2.75) is 19.8 Å². The van der Waals surface area contributed by atoms with Gasteiger partial charge in [0.1, 0.15) is 5.82 Å². The molecule has 1 aromatic heterocycles. The number of ether oxygens (including phenoxy) is 2. The number of nitrogen functional groups attached to an aromatic ring is 2. The lowest BCUT2D eigenvalue weighted by Gasteiger charge is -2.12. The molecule has 0 bridgehead atoms. The summed E-state index contributed by atoms with van der Waals surface area (Å²) in [5.74, 6) is 2.02. The lowest BCUT2D eigenvalue weighted by Crippen LogP contribution is -2.04. The van der Waals surface area contributed by atoms with E-state index in [1.165, 1.54) is 0 Å². The van der Waals surface area contributed by atoms with Crippen LogP contribution in [0.1, 0.15) is 24.5 Å². The zero-order valence-corrected chi connectivity index (χ0v) is 12.3. The van der Waals surface area contributed by atoms with Gasteiger partial charge in [0.15, 0.2) is 11.5 Å². The zero-order valence-electron chi connectivity index (χ0n) is 12.3. The van der Waals surface area contributed by atoms with Gasteiger partial charge in [-0.2, -0.15) is 4.98 Å². The number of nitrogens with zero attached hydrogens (tertiary/aromatic N) is 2. The molecule has 0 fully saturated rings. The van der Waals surface area contributed by atoms with Crippen molar-refractivity contribution < 1.29 is 9.47 Å². The number of methoxy groups -OCH3 is 1. The molecule has 6 heteroatoms. The van der Waals surface area contributed by atoms with Gasteiger partial charge in [0.25, 0.3) is 0 Å². The van der Waals surface area contributed by atoms with Crippen LogP contribution in [0.3, 0.4) is 0 Å². The van der Waals surface area contributed by atoms with Crippen LogP contribution < -0.4 is 20.9 Å². The van der Waals surface area contributed by atoms with Gasteiger partial charge in [-0.25, -0.2) is 4.98 Å². The molecule has 0 saturated carbocycles. The second-order valence-electron chi connectivity index (χ2n) is 4.65. The maximum absolute atomic E-state index is 5.85. The third-order valence-corrected chi connectivity index (χ3v) is 3.00. The normalized spacial score (nSPS) is 10.4. The quantitative estimate of drug-likeness (QED) is 0.844. The Labute approximate surface area is 124 Å². The highest BCUT2D eigenvalue weighted by molar-refractivity contribution is 5.48. The number of rotatable bonds is 6. The SMILES string of the molecule is CCCOc1ccc(Cc2cnc(N)nc2N)cc1OC. The Balaban J connectivity index is 2.20. The van der Waals surface area contributed by atoms with Crippen molar-refractivity contribution in [3.05, 3.63) is 35.5 Å². The molecule has 2 aromatic rings. The van der Waals surface area contributed by atoms with Crippen molar-refractivity contribution in [2.24, 2.45) is 0 Å². The van der Waals surface area contributed by atoms with Crippen LogP contribution in [0.15, 0.2) is 24.4 Å². The molecular weight excluding hydrogens is 268 g/mol. The summed E-state index contributed by atoms with van der Waals surface area (Å²) in [6.07, 6.45) is 3.20. The fraction of sp³-hybridized carbons (Fsp3) is 0.333. The molecular formula is C15H20N4O2. The Morgan fingerprint density at radius 2 is 2.00 bits per heavy atom. The third kappa shape index (κ3) is 3.75. The average molecular weight is 288 g/mol. The molecule has 112 valence electrons. The highest BCUT2D eigenvalue weighted by Crippen LogP contribution is 2.29. The molecule has 0 spiro atoms. The number of hydrogen-bond donors (Lipinski definition) is 2. The summed E-state index contributed by atoms with van der Waals surface area (Å²) >= 11 is 0. The topological polar surface area (TPSA) is 96.3 Å². The van der Waals surface area contributed by atoms with Crippen molar-refractivity contribution in [1.82, 2.24) is 9.97 Å². The van der Waals surface area contributed by atoms with Crippen molar-refractivity contribution in [2.75, 3.05) is 25.2 Å². The van der Waals surface area contributed by atoms with Gasteiger partial charge in [-0.15, -0.1) is 0 Å². The first kappa shape index (κ1) is 14.9. The molecule has 0 radical (unpaired) electrons. The monoisotopic (exact) mass is 288 g/mol. The molecule has 1 heterocycles. The van der Waals surface area contributed by atoms with Gasteiger partial charge in [0.2, 0.25) is 5.95 Å². The summed E-state index contributed by atoms with van der Waals surface area (Å²) < 4.78 is 11.0. The number of hydrogen-bond acceptors (Lipinski definition) is 6. The Morgan fingerprint density at radius 1 is 1.19 bits per heavy atom. The van der Waals surface area contributed by atoms with E-state index >= 15 is 0 Å². The largest absolute Gasteiger partial charge is 0.493 e. The highest BCUT2D eigenvalue weighted by Gasteiger charge is 2.08. The van der Waals surface area contributed by atoms with Gasteiger partial charge in [0.05, 0.1) is 13.7 Å². The summed E-state index contributed by atoms with van der Waals surface area (Å²) in [4.78, 5) is 7.93. The molecule has 2 rings (SSSR count). The van der Waals surface area contributed by atoms with Crippen LogP contribution in [0.5, 0.6) is 11.5 Å². The molecule has 0 aliphatic rings. The molecule has 1 aromatic carbocycles. The fourth-order valence-electron chi connectivity index (χ4n) is 1.94. The minimum atomic E-state index is 0.178. The number of nitrogens with two attached hydrogens (primary N) is 2. The van der Waals surface area contributed by atoms with Crippen LogP contribution in [-0.4, -0.2) is 23.7 Å². The summed E-state index contributed by atoms with van der Waals surface area (Å²) in [5, 5.41) is 0. The van der Waals surface area contributed by atoms with Gasteiger partial charge in [-0.05, 0) is 24.1 Å². The minimum absolute atomic E-state index is 0.178. The first-order valence-corrected chi connectivity index (χ1v) is 6.80. The van der Waals surface area contributed by atoms with E-state index in [1.54, 1.807) is 13.3 Å². The predicted molar refractivity (Wildman–Crippen MR) is 82.4 cm³/mol. The minimum Gasteiger partial charge on any atom is -0.493 e. The average Bonchev–Trinajstić information content (AvgIpc) is 2.48. The van der Waals surface area contributed by atoms with E-state index in [0.717, 1.165) is 23.3 Å². The van der Waals surface area contributed by atoms with E-state index in [2.05, 4.69) is 16.9 Å². The van der Waals surface area contributed by atoms with Gasteiger partial charge in [-0.3, -0.25) is 0 Å². The van der Waals surface area contributed by atoms with E-state index in [0.29, 0.717) is 24.6 Å². The maximum Gasteiger partial charge on any atom is 0.221 e. The van der Waals surface area contributed by atoms with Crippen molar-refractivity contribution in [1.29, 1.82) is 0 Å². The van der Waals surface area contributed by atoms with E-state index in [-0.39, 0.29) is 5.95 Å². The molecule has 6 nitrogen and oxygen atoms in total. The molecule has 21 heavy (non-hydrogen) atoms. The first-order valence-electron chi connectivity index (χ1n) is 6.80. The first-order chi connectivity index (χ1) is 10.1. The lowest BCUT2D eigenvalue weighted by atomic mass is 10.1. The van der Waals surface area contributed by atoms with Crippen LogP contribution in [0.4, 0.5) is 11.8 Å². The van der Waals surface area contributed by atoms with E-state index in [9.17, 15) is 0 Å². The Hall–Kier alpha value is -2.50. The Morgan fingerprint density at radius 3 is 2.67 bits per heavy atom. The summed E-state index contributed by atoms with van der Waals surface area (Å²) in [6.45, 7) is 2.72. The number of anilines is 2. The summed E-state index contributed by atoms with van der Waals surface area (Å²) in [7, 11) is 1.62. The Kier molecular flexibility index (Phi) is 4.81. The van der Waals surface area contributed by atoms with Gasteiger partial charge in [0, 0.05) is 18.2 Å². The molecule has 0 aliphatic carbocycles. The standard InChI is InChI=1S/C15H20N4O2/c1-3-6-21-12-5-4-10(8-13(12)20-2)7-11-9-18-15(17)19-14(11)16/h4-5,8-9H,3,6-7H2,1-2H3,(H4,16,17,18,19). The fourth-order valence-corrected chi connectivity index (χ4v) is 1.94. The van der Waals surface area contributed by atoms with Gasteiger partial charge >= 0.3 is 0 Å². The smallest absolute Gasteiger partial charge is 0.221 e. The highest BCUT2D eigenvalue weighted by atomic mass is 16.5. The van der Waals surface area contributed by atoms with Crippen molar-refractivity contribution in [3.63, 3.8) is 0 Å². The summed E-state index contributed by atoms with van der Waals surface area (Å²) in [5.41, 5.74) is 13.2. The number of aromatic nitrogens is 2. The van der Waals surface area contributed by atoms with Gasteiger partial charge in [-0.1, -0.05) is 13.0 Å².